The van der Waals surface area contributed by atoms with Gasteiger partial charge in [0.15, 0.2) is 5.82 Å². The van der Waals surface area contributed by atoms with Crippen molar-refractivity contribution in [1.82, 2.24) is 14.9 Å². The molecule has 2 aromatic carbocycles. The van der Waals surface area contributed by atoms with Gasteiger partial charge in [-0.05, 0) is 25.0 Å². The fourth-order valence-electron chi connectivity index (χ4n) is 4.19. The van der Waals surface area contributed by atoms with E-state index >= 15 is 0 Å². The van der Waals surface area contributed by atoms with E-state index < -0.39 is 4.92 Å². The van der Waals surface area contributed by atoms with Gasteiger partial charge in [0.1, 0.15) is 5.82 Å². The molecule has 2 heterocycles. The van der Waals surface area contributed by atoms with E-state index in [4.69, 9.17) is 9.97 Å². The van der Waals surface area contributed by atoms with Crippen LogP contribution in [-0.4, -0.2) is 52.0 Å². The standard InChI is InChI=1S/C25H28N6O3/c1-17(2)22-18(3)26-23(19-7-5-4-6-8-19)28-24(22)29-13-15-30(16-14-29)25(32)27-20-9-11-21(12-10-20)31(33)34/h4-12,17H,13-16H2,1-3H3,(H,27,32). The average Bonchev–Trinajstić information content (AvgIpc) is 2.84. The summed E-state index contributed by atoms with van der Waals surface area (Å²) in [4.78, 5) is 36.8. The third kappa shape index (κ3) is 4.98. The number of benzene rings is 2. The normalized spacial score (nSPS) is 13.8. The Balaban J connectivity index is 1.48. The molecule has 9 heteroatoms. The largest absolute Gasteiger partial charge is 0.353 e. The minimum atomic E-state index is -0.464. The maximum absolute atomic E-state index is 12.7. The maximum atomic E-state index is 12.7. The molecule has 0 unspecified atom stereocenters. The molecule has 34 heavy (non-hydrogen) atoms. The molecule has 9 nitrogen and oxygen atoms in total. The number of nitrogens with zero attached hydrogens (tertiary/aromatic N) is 5. The zero-order chi connectivity index (χ0) is 24.2. The van der Waals surface area contributed by atoms with Crippen molar-refractivity contribution < 1.29 is 9.72 Å². The van der Waals surface area contributed by atoms with Gasteiger partial charge in [0.2, 0.25) is 0 Å². The molecule has 1 saturated heterocycles. The minimum absolute atomic E-state index is 0.0115. The van der Waals surface area contributed by atoms with Gasteiger partial charge in [0.25, 0.3) is 5.69 Å². The highest BCUT2D eigenvalue weighted by Gasteiger charge is 2.26. The summed E-state index contributed by atoms with van der Waals surface area (Å²) >= 11 is 0. The number of piperazine rings is 1. The molecule has 1 fully saturated rings. The lowest BCUT2D eigenvalue weighted by Gasteiger charge is -2.37. The maximum Gasteiger partial charge on any atom is 0.321 e. The number of nitro benzene ring substituents is 1. The molecule has 0 bridgehead atoms. The second kappa shape index (κ2) is 9.86. The van der Waals surface area contributed by atoms with Crippen molar-refractivity contribution in [1.29, 1.82) is 0 Å². The van der Waals surface area contributed by atoms with E-state index in [1.54, 1.807) is 4.90 Å². The zero-order valence-corrected chi connectivity index (χ0v) is 19.6. The average molecular weight is 461 g/mol. The van der Waals surface area contributed by atoms with Crippen LogP contribution in [0.25, 0.3) is 11.4 Å². The van der Waals surface area contributed by atoms with Crippen molar-refractivity contribution in [3.8, 4) is 11.4 Å². The number of hydrogen-bond acceptors (Lipinski definition) is 6. The minimum Gasteiger partial charge on any atom is -0.353 e. The van der Waals surface area contributed by atoms with Crippen LogP contribution in [0.2, 0.25) is 0 Å². The summed E-state index contributed by atoms with van der Waals surface area (Å²) in [6, 6.07) is 15.6. The van der Waals surface area contributed by atoms with Crippen LogP contribution in [0.4, 0.5) is 22.0 Å². The molecule has 176 valence electrons. The number of rotatable bonds is 5. The Labute approximate surface area is 198 Å². The molecule has 3 aromatic rings. The molecule has 0 radical (unpaired) electrons. The number of nitrogens with one attached hydrogen (secondary N) is 1. The molecule has 1 aromatic heterocycles. The Hall–Kier alpha value is -4.01. The van der Waals surface area contributed by atoms with Gasteiger partial charge in [-0.2, -0.15) is 0 Å². The Kier molecular flexibility index (Phi) is 6.72. The quantitative estimate of drug-likeness (QED) is 0.432. The Morgan fingerprint density at radius 1 is 1.00 bits per heavy atom. The topological polar surface area (TPSA) is 104 Å². The number of aromatic nitrogens is 2. The summed E-state index contributed by atoms with van der Waals surface area (Å²) in [6.45, 7) is 8.70. The SMILES string of the molecule is Cc1nc(-c2ccccc2)nc(N2CCN(C(=O)Nc3ccc([N+](=O)[O-])cc3)CC2)c1C(C)C. The van der Waals surface area contributed by atoms with Gasteiger partial charge in [0, 0.05) is 60.8 Å². The van der Waals surface area contributed by atoms with Gasteiger partial charge in [-0.3, -0.25) is 10.1 Å². The smallest absolute Gasteiger partial charge is 0.321 e. The Morgan fingerprint density at radius 3 is 2.24 bits per heavy atom. The first kappa shape index (κ1) is 23.2. The first-order chi connectivity index (χ1) is 16.3. The summed E-state index contributed by atoms with van der Waals surface area (Å²) in [5, 5.41) is 13.6. The van der Waals surface area contributed by atoms with Crippen molar-refractivity contribution in [3.05, 3.63) is 76.0 Å². The van der Waals surface area contributed by atoms with E-state index in [9.17, 15) is 14.9 Å². The van der Waals surface area contributed by atoms with Crippen LogP contribution >= 0.6 is 0 Å². The van der Waals surface area contributed by atoms with Crippen LogP contribution in [0.15, 0.2) is 54.6 Å². The lowest BCUT2D eigenvalue weighted by molar-refractivity contribution is -0.384. The monoisotopic (exact) mass is 460 g/mol. The van der Waals surface area contributed by atoms with Gasteiger partial charge in [-0.15, -0.1) is 0 Å². The molecule has 0 atom stereocenters. The fourth-order valence-corrected chi connectivity index (χ4v) is 4.19. The molecule has 2 amide bonds. The van der Waals surface area contributed by atoms with E-state index in [0.29, 0.717) is 37.7 Å². The van der Waals surface area contributed by atoms with E-state index in [1.807, 2.05) is 37.3 Å². The fraction of sp³-hybridized carbons (Fsp3) is 0.320. The van der Waals surface area contributed by atoms with Gasteiger partial charge >= 0.3 is 6.03 Å². The molecule has 0 spiro atoms. The molecule has 1 aliphatic rings. The molecule has 4 rings (SSSR count). The number of aryl methyl sites for hydroxylation is 1. The number of amides is 2. The van der Waals surface area contributed by atoms with Gasteiger partial charge < -0.3 is 15.1 Å². The summed E-state index contributed by atoms with van der Waals surface area (Å²) in [6.07, 6.45) is 0. The number of non-ortho nitro benzene ring substituents is 1. The van der Waals surface area contributed by atoms with Crippen molar-refractivity contribution >= 4 is 23.2 Å². The number of anilines is 2. The number of carbonyl (C=O) groups is 1. The predicted molar refractivity (Wildman–Crippen MR) is 132 cm³/mol. The third-order valence-electron chi connectivity index (χ3n) is 5.92. The first-order valence-corrected chi connectivity index (χ1v) is 11.3. The zero-order valence-electron chi connectivity index (χ0n) is 19.6. The van der Waals surface area contributed by atoms with Crippen molar-refractivity contribution in [2.45, 2.75) is 26.7 Å². The molecular formula is C25H28N6O3. The van der Waals surface area contributed by atoms with Crippen LogP contribution in [-0.2, 0) is 0 Å². The number of carbonyl (C=O) groups excluding carboxylic acids is 1. The van der Waals surface area contributed by atoms with Gasteiger partial charge in [-0.1, -0.05) is 44.2 Å². The van der Waals surface area contributed by atoms with Crippen molar-refractivity contribution in [3.63, 3.8) is 0 Å². The van der Waals surface area contributed by atoms with Crippen LogP contribution in [0.5, 0.6) is 0 Å². The highest BCUT2D eigenvalue weighted by molar-refractivity contribution is 5.89. The Morgan fingerprint density at radius 2 is 1.65 bits per heavy atom. The third-order valence-corrected chi connectivity index (χ3v) is 5.92. The van der Waals surface area contributed by atoms with E-state index in [0.717, 1.165) is 22.6 Å². The van der Waals surface area contributed by atoms with Crippen LogP contribution in [0, 0.1) is 17.0 Å². The van der Waals surface area contributed by atoms with E-state index in [2.05, 4.69) is 24.1 Å². The van der Waals surface area contributed by atoms with Crippen LogP contribution in [0.3, 0.4) is 0 Å². The van der Waals surface area contributed by atoms with Crippen molar-refractivity contribution in [2.24, 2.45) is 0 Å². The highest BCUT2D eigenvalue weighted by atomic mass is 16.6. The second-order valence-corrected chi connectivity index (χ2v) is 8.60. The van der Waals surface area contributed by atoms with Crippen LogP contribution < -0.4 is 10.2 Å². The summed E-state index contributed by atoms with van der Waals surface area (Å²) in [7, 11) is 0. The Bertz CT molecular complexity index is 1170. The van der Waals surface area contributed by atoms with Crippen LogP contribution in [0.1, 0.15) is 31.0 Å². The van der Waals surface area contributed by atoms with E-state index in [-0.39, 0.29) is 17.6 Å². The summed E-state index contributed by atoms with van der Waals surface area (Å²) in [5.41, 5.74) is 3.59. The number of hydrogen-bond donors (Lipinski definition) is 1. The first-order valence-electron chi connectivity index (χ1n) is 11.3. The van der Waals surface area contributed by atoms with Gasteiger partial charge in [-0.25, -0.2) is 14.8 Å². The molecule has 0 aliphatic carbocycles. The lowest BCUT2D eigenvalue weighted by Crippen LogP contribution is -2.50. The molecule has 1 aliphatic heterocycles. The predicted octanol–water partition coefficient (Wildman–Crippen LogP) is 4.84. The second-order valence-electron chi connectivity index (χ2n) is 8.60. The summed E-state index contributed by atoms with van der Waals surface area (Å²) < 4.78 is 0. The highest BCUT2D eigenvalue weighted by Crippen LogP contribution is 2.31. The molecule has 1 N–H and O–H groups in total. The summed E-state index contributed by atoms with van der Waals surface area (Å²) in [5.74, 6) is 1.90. The van der Waals surface area contributed by atoms with Gasteiger partial charge in [0.05, 0.1) is 4.92 Å². The number of urea groups is 1. The number of nitro groups is 1. The van der Waals surface area contributed by atoms with Crippen molar-refractivity contribution in [2.75, 3.05) is 36.4 Å². The molecule has 0 saturated carbocycles. The molecular weight excluding hydrogens is 432 g/mol. The van der Waals surface area contributed by atoms with E-state index in [1.165, 1.54) is 24.3 Å². The lowest BCUT2D eigenvalue weighted by atomic mass is 10.0.